The Balaban J connectivity index is 1.63. The largest absolute Gasteiger partial charge is 0.486 e. The third kappa shape index (κ3) is 4.15. The van der Waals surface area contributed by atoms with Gasteiger partial charge in [-0.05, 0) is 38.1 Å². The highest BCUT2D eigenvalue weighted by Gasteiger charge is 2.29. The zero-order valence-electron chi connectivity index (χ0n) is 14.3. The third-order valence-electron chi connectivity index (χ3n) is 3.56. The highest BCUT2D eigenvalue weighted by atomic mass is 16.5. The van der Waals surface area contributed by atoms with Crippen molar-refractivity contribution in [3.05, 3.63) is 54.5 Å². The van der Waals surface area contributed by atoms with Crippen molar-refractivity contribution < 1.29 is 19.4 Å². The summed E-state index contributed by atoms with van der Waals surface area (Å²) < 4.78 is 11.1. The number of carboxylic acid groups (broad SMARTS) is 1. The molecule has 0 atom stereocenters. The molecule has 0 aromatic carbocycles. The van der Waals surface area contributed by atoms with Crippen LogP contribution in [0.25, 0.3) is 11.4 Å². The first-order valence-electron chi connectivity index (χ1n) is 7.91. The number of ether oxygens (including phenoxy) is 2. The van der Waals surface area contributed by atoms with Gasteiger partial charge in [0.25, 0.3) is 0 Å². The zero-order valence-corrected chi connectivity index (χ0v) is 14.3. The van der Waals surface area contributed by atoms with Crippen molar-refractivity contribution in [2.24, 2.45) is 0 Å². The van der Waals surface area contributed by atoms with Gasteiger partial charge in [-0.25, -0.2) is 9.78 Å². The number of pyridine rings is 2. The smallest absolute Gasteiger partial charge is 0.347 e. The Morgan fingerprint density at radius 2 is 2.08 bits per heavy atom. The van der Waals surface area contributed by atoms with E-state index in [4.69, 9.17) is 14.6 Å². The minimum Gasteiger partial charge on any atom is -0.486 e. The van der Waals surface area contributed by atoms with Crippen LogP contribution in [-0.4, -0.2) is 36.8 Å². The molecule has 2 N–H and O–H groups in total. The van der Waals surface area contributed by atoms with Crippen molar-refractivity contribution in [3.63, 3.8) is 0 Å². The van der Waals surface area contributed by atoms with Gasteiger partial charge in [-0.1, -0.05) is 6.07 Å². The van der Waals surface area contributed by atoms with E-state index in [1.807, 2.05) is 12.1 Å². The molecule has 0 aliphatic heterocycles. The quantitative estimate of drug-likeness (QED) is 0.671. The molecule has 26 heavy (non-hydrogen) atoms. The molecule has 8 nitrogen and oxygen atoms in total. The normalized spacial score (nSPS) is 11.2. The fourth-order valence-electron chi connectivity index (χ4n) is 2.08. The van der Waals surface area contributed by atoms with Crippen LogP contribution in [0.5, 0.6) is 11.6 Å². The molecule has 134 valence electrons. The third-order valence-corrected chi connectivity index (χ3v) is 3.56. The number of carboxylic acids is 1. The second kappa shape index (κ2) is 7.22. The lowest BCUT2D eigenvalue weighted by Gasteiger charge is -2.20. The molecule has 0 saturated carbocycles. The summed E-state index contributed by atoms with van der Waals surface area (Å²) in [6.45, 7) is 3.13. The van der Waals surface area contributed by atoms with E-state index in [-0.39, 0.29) is 12.5 Å². The van der Waals surface area contributed by atoms with Crippen LogP contribution in [-0.2, 0) is 11.4 Å². The fraction of sp³-hybridized carbons (Fsp3) is 0.222. The van der Waals surface area contributed by atoms with E-state index >= 15 is 0 Å². The van der Waals surface area contributed by atoms with Crippen LogP contribution in [0.15, 0.2) is 48.8 Å². The zero-order chi connectivity index (χ0) is 18.6. The van der Waals surface area contributed by atoms with E-state index in [2.05, 4.69) is 20.2 Å². The number of H-pyrrole nitrogens is 1. The van der Waals surface area contributed by atoms with Gasteiger partial charge in [0.05, 0.1) is 23.3 Å². The number of nitrogens with zero attached hydrogens (tertiary/aromatic N) is 3. The number of carbonyl (C=O) groups is 1. The maximum Gasteiger partial charge on any atom is 0.347 e. The SMILES string of the molecule is CC(C)(Oc1cccc(COc2ccc(-c3ccn[nH]3)nc2)n1)C(=O)O. The molecule has 3 rings (SSSR count). The fourth-order valence-corrected chi connectivity index (χ4v) is 2.08. The molecular formula is C18H18N4O4. The Kier molecular flexibility index (Phi) is 4.83. The van der Waals surface area contributed by atoms with Crippen LogP contribution in [0.2, 0.25) is 0 Å². The lowest BCUT2D eigenvalue weighted by molar-refractivity contribution is -0.152. The van der Waals surface area contributed by atoms with Crippen LogP contribution in [0.4, 0.5) is 0 Å². The molecule has 0 fully saturated rings. The Bertz CT molecular complexity index is 876. The van der Waals surface area contributed by atoms with Crippen LogP contribution < -0.4 is 9.47 Å². The van der Waals surface area contributed by atoms with Gasteiger partial charge in [0.2, 0.25) is 11.5 Å². The Morgan fingerprint density at radius 1 is 1.23 bits per heavy atom. The number of hydrogen-bond donors (Lipinski definition) is 2. The molecule has 3 heterocycles. The summed E-state index contributed by atoms with van der Waals surface area (Å²) in [6, 6.07) is 10.6. The molecule has 0 aliphatic rings. The maximum atomic E-state index is 11.1. The van der Waals surface area contributed by atoms with Gasteiger partial charge in [-0.15, -0.1) is 0 Å². The molecule has 0 bridgehead atoms. The lowest BCUT2D eigenvalue weighted by Crippen LogP contribution is -2.38. The molecule has 0 unspecified atom stereocenters. The lowest BCUT2D eigenvalue weighted by atomic mass is 10.1. The predicted octanol–water partition coefficient (Wildman–Crippen LogP) is 2.69. The highest BCUT2D eigenvalue weighted by Crippen LogP contribution is 2.19. The second-order valence-electron chi connectivity index (χ2n) is 6.02. The summed E-state index contributed by atoms with van der Waals surface area (Å²) in [7, 11) is 0. The number of hydrogen-bond acceptors (Lipinski definition) is 6. The molecule has 3 aromatic rings. The first kappa shape index (κ1) is 17.4. The van der Waals surface area contributed by atoms with E-state index in [0.29, 0.717) is 11.4 Å². The van der Waals surface area contributed by atoms with Gasteiger partial charge in [-0.3, -0.25) is 10.1 Å². The molecule has 0 amide bonds. The van der Waals surface area contributed by atoms with E-state index in [1.54, 1.807) is 36.7 Å². The average molecular weight is 354 g/mol. The van der Waals surface area contributed by atoms with Gasteiger partial charge in [0, 0.05) is 12.3 Å². The summed E-state index contributed by atoms with van der Waals surface area (Å²) in [4.78, 5) is 19.7. The van der Waals surface area contributed by atoms with Crippen LogP contribution >= 0.6 is 0 Å². The van der Waals surface area contributed by atoms with Crippen molar-refractivity contribution in [1.29, 1.82) is 0 Å². The van der Waals surface area contributed by atoms with E-state index in [9.17, 15) is 4.79 Å². The number of aromatic amines is 1. The minimum absolute atomic E-state index is 0.204. The van der Waals surface area contributed by atoms with Crippen molar-refractivity contribution in [1.82, 2.24) is 20.2 Å². The second-order valence-corrected chi connectivity index (χ2v) is 6.02. The van der Waals surface area contributed by atoms with E-state index in [1.165, 1.54) is 13.8 Å². The summed E-state index contributed by atoms with van der Waals surface area (Å²) in [5.41, 5.74) is 0.837. The standard InChI is InChI=1S/C18H18N4O4/c1-18(2,17(23)24)26-16-5-3-4-12(21-16)11-25-13-6-7-14(19-10-13)15-8-9-20-22-15/h3-10H,11H2,1-2H3,(H,20,22)(H,23,24). The summed E-state index contributed by atoms with van der Waals surface area (Å²) in [6.07, 6.45) is 3.28. The Morgan fingerprint density at radius 3 is 2.73 bits per heavy atom. The monoisotopic (exact) mass is 354 g/mol. The average Bonchev–Trinajstić information content (AvgIpc) is 3.15. The Hall–Kier alpha value is -3.42. The van der Waals surface area contributed by atoms with Gasteiger partial charge in [0.15, 0.2) is 0 Å². The molecule has 8 heteroatoms. The van der Waals surface area contributed by atoms with Crippen molar-refractivity contribution in [2.45, 2.75) is 26.1 Å². The summed E-state index contributed by atoms with van der Waals surface area (Å²) in [5.74, 6) is -0.247. The predicted molar refractivity (Wildman–Crippen MR) is 92.7 cm³/mol. The number of aromatic nitrogens is 4. The van der Waals surface area contributed by atoms with Gasteiger partial charge >= 0.3 is 5.97 Å². The van der Waals surface area contributed by atoms with Gasteiger partial charge in [0.1, 0.15) is 12.4 Å². The topological polar surface area (TPSA) is 110 Å². The van der Waals surface area contributed by atoms with Gasteiger partial charge in [-0.2, -0.15) is 5.10 Å². The first-order chi connectivity index (χ1) is 12.4. The molecule has 3 aromatic heterocycles. The van der Waals surface area contributed by atoms with Crippen LogP contribution in [0.3, 0.4) is 0 Å². The van der Waals surface area contributed by atoms with Crippen LogP contribution in [0.1, 0.15) is 19.5 Å². The number of aliphatic carboxylic acids is 1. The summed E-state index contributed by atoms with van der Waals surface area (Å²) in [5, 5.41) is 15.9. The molecule has 0 aliphatic carbocycles. The van der Waals surface area contributed by atoms with Gasteiger partial charge < -0.3 is 14.6 Å². The maximum absolute atomic E-state index is 11.1. The Labute approximate surface area is 149 Å². The first-order valence-corrected chi connectivity index (χ1v) is 7.91. The molecule has 0 saturated heterocycles. The molecule has 0 radical (unpaired) electrons. The summed E-state index contributed by atoms with van der Waals surface area (Å²) >= 11 is 0. The van der Waals surface area contributed by atoms with E-state index < -0.39 is 11.6 Å². The van der Waals surface area contributed by atoms with E-state index in [0.717, 1.165) is 11.4 Å². The highest BCUT2D eigenvalue weighted by molar-refractivity contribution is 5.76. The van der Waals surface area contributed by atoms with Crippen LogP contribution in [0, 0.1) is 0 Å². The molecular weight excluding hydrogens is 336 g/mol. The minimum atomic E-state index is -1.36. The van der Waals surface area contributed by atoms with Crippen molar-refractivity contribution in [2.75, 3.05) is 0 Å². The number of nitrogens with one attached hydrogen (secondary N) is 1. The molecule has 0 spiro atoms. The van der Waals surface area contributed by atoms with Crippen molar-refractivity contribution in [3.8, 4) is 23.0 Å². The number of rotatable bonds is 7. The van der Waals surface area contributed by atoms with Crippen molar-refractivity contribution >= 4 is 5.97 Å².